The van der Waals surface area contributed by atoms with Crippen molar-refractivity contribution in [3.05, 3.63) is 46.3 Å². The predicted molar refractivity (Wildman–Crippen MR) is 99.7 cm³/mol. The Labute approximate surface area is 159 Å². The minimum absolute atomic E-state index is 0.0719. The summed E-state index contributed by atoms with van der Waals surface area (Å²) in [6, 6.07) is 4.16. The Morgan fingerprint density at radius 1 is 1.35 bits per heavy atom. The third kappa shape index (κ3) is 5.31. The van der Waals surface area contributed by atoms with Crippen LogP contribution in [0.1, 0.15) is 49.4 Å². The van der Waals surface area contributed by atoms with Gasteiger partial charge in [0.25, 0.3) is 5.91 Å². The fraction of sp³-hybridized carbons (Fsp3) is 0.500. The molecule has 0 saturated heterocycles. The molecule has 1 atom stereocenters. The van der Waals surface area contributed by atoms with Gasteiger partial charge in [-0.2, -0.15) is 0 Å². The molecule has 0 N–H and O–H groups in total. The van der Waals surface area contributed by atoms with Crippen molar-refractivity contribution in [2.75, 3.05) is 20.2 Å². The number of amides is 1. The summed E-state index contributed by atoms with van der Waals surface area (Å²) >= 11 is 6.05. The van der Waals surface area contributed by atoms with Gasteiger partial charge >= 0.3 is 5.97 Å². The lowest BCUT2D eigenvalue weighted by Crippen LogP contribution is -2.38. The van der Waals surface area contributed by atoms with E-state index in [2.05, 4.69) is 6.08 Å². The number of esters is 1. The maximum atomic E-state index is 14.2. The van der Waals surface area contributed by atoms with Crippen molar-refractivity contribution < 1.29 is 18.7 Å². The maximum Gasteiger partial charge on any atom is 0.310 e. The van der Waals surface area contributed by atoms with Crippen LogP contribution in [-0.2, 0) is 9.53 Å². The number of hydrogen-bond acceptors (Lipinski definition) is 3. The lowest BCUT2D eigenvalue weighted by atomic mass is 9.97. The molecule has 0 radical (unpaired) electrons. The zero-order valence-electron chi connectivity index (χ0n) is 15.3. The molecule has 142 valence electrons. The number of benzene rings is 1. The fourth-order valence-electron chi connectivity index (χ4n) is 3.15. The number of allylic oxidation sites excluding steroid dienone is 1. The van der Waals surface area contributed by atoms with E-state index in [4.69, 9.17) is 16.3 Å². The molecule has 1 amide bonds. The SMILES string of the molecule is COC(=O)C(C)CN(CCC1=CCCCC1)C(=O)c1c(F)cccc1Cl. The Hall–Kier alpha value is -1.88. The Bertz CT molecular complexity index is 669. The van der Waals surface area contributed by atoms with Crippen molar-refractivity contribution in [1.82, 2.24) is 4.90 Å². The summed E-state index contributed by atoms with van der Waals surface area (Å²) < 4.78 is 18.9. The van der Waals surface area contributed by atoms with Gasteiger partial charge in [-0.3, -0.25) is 9.59 Å². The summed E-state index contributed by atoms with van der Waals surface area (Å²) in [6.45, 7) is 2.26. The van der Waals surface area contributed by atoms with Crippen LogP contribution in [0.3, 0.4) is 0 Å². The maximum absolute atomic E-state index is 14.2. The zero-order chi connectivity index (χ0) is 19.1. The normalized spacial score (nSPS) is 15.2. The van der Waals surface area contributed by atoms with E-state index in [9.17, 15) is 14.0 Å². The fourth-order valence-corrected chi connectivity index (χ4v) is 3.40. The highest BCUT2D eigenvalue weighted by molar-refractivity contribution is 6.33. The summed E-state index contributed by atoms with van der Waals surface area (Å²) in [7, 11) is 1.31. The first kappa shape index (κ1) is 20.4. The number of hydrogen-bond donors (Lipinski definition) is 0. The molecule has 0 aromatic heterocycles. The van der Waals surface area contributed by atoms with Crippen LogP contribution in [0.15, 0.2) is 29.8 Å². The molecule has 6 heteroatoms. The Balaban J connectivity index is 2.19. The molecule has 1 aromatic rings. The first-order valence-corrected chi connectivity index (χ1v) is 9.30. The smallest absolute Gasteiger partial charge is 0.310 e. The monoisotopic (exact) mass is 381 g/mol. The largest absolute Gasteiger partial charge is 0.469 e. The number of nitrogens with zero attached hydrogens (tertiary/aromatic N) is 1. The summed E-state index contributed by atoms with van der Waals surface area (Å²) in [6.07, 6.45) is 7.35. The van der Waals surface area contributed by atoms with Gasteiger partial charge in [0.1, 0.15) is 5.82 Å². The van der Waals surface area contributed by atoms with Gasteiger partial charge in [-0.15, -0.1) is 0 Å². The van der Waals surface area contributed by atoms with E-state index in [0.29, 0.717) is 13.0 Å². The van der Waals surface area contributed by atoms with Gasteiger partial charge in [0.2, 0.25) is 0 Å². The van der Waals surface area contributed by atoms with Crippen LogP contribution >= 0.6 is 11.6 Å². The third-order valence-corrected chi connectivity index (χ3v) is 4.96. The Morgan fingerprint density at radius 3 is 2.73 bits per heavy atom. The average molecular weight is 382 g/mol. The molecule has 1 aliphatic carbocycles. The number of methoxy groups -OCH3 is 1. The van der Waals surface area contributed by atoms with Gasteiger partial charge in [0, 0.05) is 13.1 Å². The molecule has 1 aliphatic rings. The third-order valence-electron chi connectivity index (χ3n) is 4.65. The molecule has 0 saturated carbocycles. The molecule has 26 heavy (non-hydrogen) atoms. The first-order chi connectivity index (χ1) is 12.4. The van der Waals surface area contributed by atoms with Gasteiger partial charge in [-0.05, 0) is 44.2 Å². The molecule has 0 heterocycles. The van der Waals surface area contributed by atoms with E-state index in [1.54, 1.807) is 6.92 Å². The Kier molecular flexibility index (Phi) is 7.64. The molecule has 0 bridgehead atoms. The van der Waals surface area contributed by atoms with Gasteiger partial charge in [0.15, 0.2) is 0 Å². The van der Waals surface area contributed by atoms with Crippen LogP contribution in [0.25, 0.3) is 0 Å². The number of carbonyl (C=O) groups is 2. The van der Waals surface area contributed by atoms with Gasteiger partial charge in [0.05, 0.1) is 23.6 Å². The Morgan fingerprint density at radius 2 is 2.12 bits per heavy atom. The van der Waals surface area contributed by atoms with E-state index >= 15 is 0 Å². The molecular weight excluding hydrogens is 357 g/mol. The lowest BCUT2D eigenvalue weighted by molar-refractivity contribution is -0.145. The standard InChI is InChI=1S/C20H25ClFNO3/c1-14(20(25)26-2)13-23(12-11-15-7-4-3-5-8-15)19(24)18-16(21)9-6-10-17(18)22/h6-7,9-10,14H,3-5,8,11-13H2,1-2H3. The molecule has 1 aromatic carbocycles. The highest BCUT2D eigenvalue weighted by Gasteiger charge is 2.26. The van der Waals surface area contributed by atoms with Crippen molar-refractivity contribution in [3.8, 4) is 0 Å². The molecule has 2 rings (SSSR count). The number of rotatable bonds is 7. The molecular formula is C20H25ClFNO3. The van der Waals surface area contributed by atoms with Crippen LogP contribution in [0.2, 0.25) is 5.02 Å². The summed E-state index contributed by atoms with van der Waals surface area (Å²) in [5.41, 5.74) is 1.16. The van der Waals surface area contributed by atoms with E-state index < -0.39 is 23.6 Å². The number of carbonyl (C=O) groups excluding carboxylic acids is 2. The number of ether oxygens (including phenoxy) is 1. The highest BCUT2D eigenvalue weighted by Crippen LogP contribution is 2.24. The minimum Gasteiger partial charge on any atom is -0.469 e. The van der Waals surface area contributed by atoms with Crippen LogP contribution in [0.5, 0.6) is 0 Å². The summed E-state index contributed by atoms with van der Waals surface area (Å²) in [5.74, 6) is -2.07. The second-order valence-corrected chi connectivity index (χ2v) is 7.04. The zero-order valence-corrected chi connectivity index (χ0v) is 16.0. The second-order valence-electron chi connectivity index (χ2n) is 6.63. The molecule has 0 spiro atoms. The summed E-state index contributed by atoms with van der Waals surface area (Å²) in [5, 5.41) is 0.0719. The van der Waals surface area contributed by atoms with Crippen molar-refractivity contribution in [2.45, 2.75) is 39.0 Å². The second kappa shape index (κ2) is 9.72. The van der Waals surface area contributed by atoms with E-state index in [-0.39, 0.29) is 17.1 Å². The van der Waals surface area contributed by atoms with Crippen molar-refractivity contribution >= 4 is 23.5 Å². The van der Waals surface area contributed by atoms with Crippen LogP contribution < -0.4 is 0 Å². The van der Waals surface area contributed by atoms with Crippen molar-refractivity contribution in [2.24, 2.45) is 5.92 Å². The van der Waals surface area contributed by atoms with E-state index in [0.717, 1.165) is 19.3 Å². The lowest BCUT2D eigenvalue weighted by Gasteiger charge is -2.26. The van der Waals surface area contributed by atoms with Gasteiger partial charge in [-0.1, -0.05) is 36.2 Å². The minimum atomic E-state index is -0.657. The summed E-state index contributed by atoms with van der Waals surface area (Å²) in [4.78, 5) is 26.2. The average Bonchev–Trinajstić information content (AvgIpc) is 2.64. The predicted octanol–water partition coefficient (Wildman–Crippen LogP) is 4.62. The van der Waals surface area contributed by atoms with E-state index in [1.807, 2.05) is 0 Å². The topological polar surface area (TPSA) is 46.6 Å². The van der Waals surface area contributed by atoms with Crippen molar-refractivity contribution in [1.29, 1.82) is 0 Å². The van der Waals surface area contributed by atoms with Gasteiger partial charge < -0.3 is 9.64 Å². The highest BCUT2D eigenvalue weighted by atomic mass is 35.5. The molecule has 0 aliphatic heterocycles. The van der Waals surface area contributed by atoms with Crippen LogP contribution in [0, 0.1) is 11.7 Å². The van der Waals surface area contributed by atoms with Crippen LogP contribution in [-0.4, -0.2) is 37.0 Å². The van der Waals surface area contributed by atoms with Crippen LogP contribution in [0.4, 0.5) is 4.39 Å². The first-order valence-electron chi connectivity index (χ1n) is 8.93. The quantitative estimate of drug-likeness (QED) is 0.511. The molecule has 0 fully saturated rings. The van der Waals surface area contributed by atoms with Gasteiger partial charge in [-0.25, -0.2) is 4.39 Å². The molecule has 1 unspecified atom stereocenters. The van der Waals surface area contributed by atoms with Crippen molar-refractivity contribution in [3.63, 3.8) is 0 Å². The number of halogens is 2. The molecule has 4 nitrogen and oxygen atoms in total. The van der Waals surface area contributed by atoms with E-state index in [1.165, 1.54) is 42.2 Å².